The zero-order valence-electron chi connectivity index (χ0n) is 7.81. The molecule has 0 spiro atoms. The normalized spacial score (nSPS) is 42.7. The zero-order valence-corrected chi connectivity index (χ0v) is 8.56. The molecule has 1 rings (SSSR count). The van der Waals surface area contributed by atoms with Crippen LogP contribution in [0.25, 0.3) is 0 Å². The summed E-state index contributed by atoms with van der Waals surface area (Å²) in [7, 11) is 0. The van der Waals surface area contributed by atoms with E-state index in [9.17, 15) is 5.11 Å². The van der Waals surface area contributed by atoms with Gasteiger partial charge in [-0.05, 0) is 39.0 Å². The van der Waals surface area contributed by atoms with E-state index in [0.29, 0.717) is 5.92 Å². The first-order valence-corrected chi connectivity index (χ1v) is 4.83. The Balaban J connectivity index is 2.58. The second-order valence-corrected chi connectivity index (χ2v) is 4.97. The van der Waals surface area contributed by atoms with Crippen LogP contribution in [0.3, 0.4) is 0 Å². The number of hydrogen-bond donors (Lipinski definition) is 1. The van der Waals surface area contributed by atoms with Crippen LogP contribution in [0, 0.1) is 5.92 Å². The van der Waals surface area contributed by atoms with E-state index in [1.165, 1.54) is 5.57 Å². The smallest absolute Gasteiger partial charge is 0.0734 e. The van der Waals surface area contributed by atoms with Crippen molar-refractivity contribution in [2.45, 2.75) is 44.1 Å². The topological polar surface area (TPSA) is 20.2 Å². The molecule has 12 heavy (non-hydrogen) atoms. The van der Waals surface area contributed by atoms with Gasteiger partial charge in [0.1, 0.15) is 0 Å². The Morgan fingerprint density at radius 1 is 1.67 bits per heavy atom. The molecule has 0 heterocycles. The molecule has 0 aromatic heterocycles. The molecule has 1 aliphatic carbocycles. The molecule has 1 saturated carbocycles. The molecule has 70 valence electrons. The maximum atomic E-state index is 9.68. The highest BCUT2D eigenvalue weighted by Crippen LogP contribution is 2.39. The lowest BCUT2D eigenvalue weighted by molar-refractivity contribution is 0.0763. The largest absolute Gasteiger partial charge is 0.391 e. The maximum Gasteiger partial charge on any atom is 0.0734 e. The summed E-state index contributed by atoms with van der Waals surface area (Å²) in [6.07, 6.45) is 2.34. The van der Waals surface area contributed by atoms with Gasteiger partial charge >= 0.3 is 0 Å². The van der Waals surface area contributed by atoms with Gasteiger partial charge in [0.25, 0.3) is 0 Å². The fraction of sp³-hybridized carbons (Fsp3) is 0.800. The van der Waals surface area contributed by atoms with Gasteiger partial charge in [-0.1, -0.05) is 12.2 Å². The van der Waals surface area contributed by atoms with E-state index >= 15 is 0 Å². The Bertz CT molecular complexity index is 186. The van der Waals surface area contributed by atoms with E-state index in [4.69, 9.17) is 11.6 Å². The quantitative estimate of drug-likeness (QED) is 0.496. The Morgan fingerprint density at radius 3 is 2.67 bits per heavy atom. The highest BCUT2D eigenvalue weighted by molar-refractivity contribution is 6.24. The molecule has 0 saturated heterocycles. The number of halogens is 1. The Labute approximate surface area is 79.4 Å². The molecule has 2 heteroatoms. The number of rotatable bonds is 1. The first kappa shape index (κ1) is 10.1. The summed E-state index contributed by atoms with van der Waals surface area (Å²) in [5, 5.41) is 9.68. The van der Waals surface area contributed by atoms with Crippen LogP contribution in [0.15, 0.2) is 12.2 Å². The molecule has 1 N–H and O–H groups in total. The molecule has 3 unspecified atom stereocenters. The lowest BCUT2D eigenvalue weighted by Crippen LogP contribution is -2.40. The highest BCUT2D eigenvalue weighted by Gasteiger charge is 2.37. The minimum atomic E-state index is -0.411. The van der Waals surface area contributed by atoms with Crippen LogP contribution in [0.4, 0.5) is 0 Å². The molecule has 0 aliphatic heterocycles. The van der Waals surface area contributed by atoms with Gasteiger partial charge in [-0.15, -0.1) is 11.6 Å². The summed E-state index contributed by atoms with van der Waals surface area (Å²) < 4.78 is 0. The molecular formula is C10H17ClO. The van der Waals surface area contributed by atoms with Crippen molar-refractivity contribution in [1.29, 1.82) is 0 Å². The van der Waals surface area contributed by atoms with E-state index in [0.717, 1.165) is 19.3 Å². The Kier molecular flexibility index (Phi) is 2.84. The van der Waals surface area contributed by atoms with Gasteiger partial charge in [-0.3, -0.25) is 0 Å². The van der Waals surface area contributed by atoms with Gasteiger partial charge in [0, 0.05) is 0 Å². The molecule has 1 aliphatic rings. The van der Waals surface area contributed by atoms with Gasteiger partial charge in [0.05, 0.1) is 11.0 Å². The minimum Gasteiger partial charge on any atom is -0.391 e. The summed E-state index contributed by atoms with van der Waals surface area (Å²) in [4.78, 5) is -0.411. The van der Waals surface area contributed by atoms with E-state index in [1.54, 1.807) is 0 Å². The second-order valence-electron chi connectivity index (χ2n) is 4.11. The van der Waals surface area contributed by atoms with Gasteiger partial charge in [-0.25, -0.2) is 0 Å². The molecule has 0 aromatic carbocycles. The summed E-state index contributed by atoms with van der Waals surface area (Å²) in [6, 6.07) is 0. The zero-order chi connectivity index (χ0) is 9.35. The monoisotopic (exact) mass is 188 g/mol. The van der Waals surface area contributed by atoms with Gasteiger partial charge in [-0.2, -0.15) is 0 Å². The predicted octanol–water partition coefficient (Wildman–Crippen LogP) is 2.72. The molecule has 0 bridgehead atoms. The van der Waals surface area contributed by atoms with E-state index in [1.807, 2.05) is 13.8 Å². The standard InChI is InChI=1S/C10H17ClO/c1-7(2)8-4-5-10(3,11)9(12)6-8/h8-9,12H,1,4-6H2,2-3H3. The summed E-state index contributed by atoms with van der Waals surface area (Å²) in [5.41, 5.74) is 1.17. The molecular weight excluding hydrogens is 172 g/mol. The Hall–Kier alpha value is -0.0100. The molecule has 0 aromatic rings. The predicted molar refractivity (Wildman–Crippen MR) is 52.4 cm³/mol. The SMILES string of the molecule is C=C(C)C1CCC(C)(Cl)C(O)C1. The van der Waals surface area contributed by atoms with Gasteiger partial charge in [0.15, 0.2) is 0 Å². The summed E-state index contributed by atoms with van der Waals surface area (Å²) in [5.74, 6) is 0.465. The molecule has 0 amide bonds. The number of aliphatic hydroxyl groups is 1. The highest BCUT2D eigenvalue weighted by atomic mass is 35.5. The lowest BCUT2D eigenvalue weighted by Gasteiger charge is -2.37. The number of allylic oxidation sites excluding steroid dienone is 1. The maximum absolute atomic E-state index is 9.68. The van der Waals surface area contributed by atoms with Crippen molar-refractivity contribution in [3.05, 3.63) is 12.2 Å². The minimum absolute atomic E-state index is 0.380. The summed E-state index contributed by atoms with van der Waals surface area (Å²) >= 11 is 6.11. The van der Waals surface area contributed by atoms with Crippen LogP contribution >= 0.6 is 11.6 Å². The van der Waals surface area contributed by atoms with Crippen LogP contribution in [-0.4, -0.2) is 16.1 Å². The molecule has 1 fully saturated rings. The van der Waals surface area contributed by atoms with Crippen molar-refractivity contribution in [2.75, 3.05) is 0 Å². The van der Waals surface area contributed by atoms with Crippen LogP contribution in [0.5, 0.6) is 0 Å². The molecule has 3 atom stereocenters. The van der Waals surface area contributed by atoms with Crippen molar-refractivity contribution in [3.8, 4) is 0 Å². The second kappa shape index (κ2) is 3.39. The number of alkyl halides is 1. The lowest BCUT2D eigenvalue weighted by atomic mass is 9.77. The van der Waals surface area contributed by atoms with Gasteiger partial charge < -0.3 is 5.11 Å². The number of hydrogen-bond acceptors (Lipinski definition) is 1. The fourth-order valence-electron chi connectivity index (χ4n) is 1.70. The van der Waals surface area contributed by atoms with E-state index in [2.05, 4.69) is 6.58 Å². The first-order valence-electron chi connectivity index (χ1n) is 4.46. The van der Waals surface area contributed by atoms with Crippen molar-refractivity contribution < 1.29 is 5.11 Å². The van der Waals surface area contributed by atoms with E-state index in [-0.39, 0.29) is 6.10 Å². The average Bonchev–Trinajstić information content (AvgIpc) is 1.94. The third kappa shape index (κ3) is 2.02. The average molecular weight is 189 g/mol. The number of aliphatic hydroxyl groups excluding tert-OH is 1. The summed E-state index contributed by atoms with van der Waals surface area (Å²) in [6.45, 7) is 7.84. The van der Waals surface area contributed by atoms with E-state index < -0.39 is 4.87 Å². The Morgan fingerprint density at radius 2 is 2.25 bits per heavy atom. The molecule has 1 nitrogen and oxygen atoms in total. The van der Waals surface area contributed by atoms with Crippen LogP contribution < -0.4 is 0 Å². The molecule has 0 radical (unpaired) electrons. The third-order valence-corrected chi connectivity index (χ3v) is 3.32. The van der Waals surface area contributed by atoms with Crippen LogP contribution in [-0.2, 0) is 0 Å². The van der Waals surface area contributed by atoms with Gasteiger partial charge in [0.2, 0.25) is 0 Å². The first-order chi connectivity index (χ1) is 5.43. The van der Waals surface area contributed by atoms with Crippen molar-refractivity contribution in [3.63, 3.8) is 0 Å². The van der Waals surface area contributed by atoms with Crippen LogP contribution in [0.2, 0.25) is 0 Å². The van der Waals surface area contributed by atoms with Crippen molar-refractivity contribution in [2.24, 2.45) is 5.92 Å². The van der Waals surface area contributed by atoms with Crippen LogP contribution in [0.1, 0.15) is 33.1 Å². The van der Waals surface area contributed by atoms with Crippen molar-refractivity contribution >= 4 is 11.6 Å². The van der Waals surface area contributed by atoms with Crippen molar-refractivity contribution in [1.82, 2.24) is 0 Å². The third-order valence-electron chi connectivity index (χ3n) is 2.88. The fourth-order valence-corrected chi connectivity index (χ4v) is 1.90.